The molecule has 2 atom stereocenters. The maximum absolute atomic E-state index is 12.9. The first-order chi connectivity index (χ1) is 13.5. The molecule has 0 saturated heterocycles. The van der Waals surface area contributed by atoms with Crippen LogP contribution in [-0.4, -0.2) is 45.4 Å². The summed E-state index contributed by atoms with van der Waals surface area (Å²) in [5.41, 5.74) is 0.336. The number of anilines is 1. The standard InChI is InChI=1S/C20H21NO7/c1-11-18(28-15-8-6-5-7-14(15)27-11)19(22)21-13-10-17(25-3)16(24-2)9-12(13)20(23)26-4/h5-11,18H,1-4H3,(H,21,22)/t11-,18-/m0/s1. The second-order valence-corrected chi connectivity index (χ2v) is 6.04. The summed E-state index contributed by atoms with van der Waals surface area (Å²) in [4.78, 5) is 25.0. The smallest absolute Gasteiger partial charge is 0.340 e. The van der Waals surface area contributed by atoms with Crippen molar-refractivity contribution in [2.45, 2.75) is 19.1 Å². The molecule has 0 aromatic heterocycles. The first-order valence-electron chi connectivity index (χ1n) is 8.56. The van der Waals surface area contributed by atoms with Gasteiger partial charge in [-0.05, 0) is 19.1 Å². The lowest BCUT2D eigenvalue weighted by atomic mass is 10.1. The Kier molecular flexibility index (Phi) is 5.58. The molecule has 2 aromatic rings. The minimum absolute atomic E-state index is 0.123. The quantitative estimate of drug-likeness (QED) is 0.789. The minimum atomic E-state index is -0.909. The Bertz CT molecular complexity index is 896. The molecule has 28 heavy (non-hydrogen) atoms. The number of hydrogen-bond donors (Lipinski definition) is 1. The predicted molar refractivity (Wildman–Crippen MR) is 100 cm³/mol. The maximum atomic E-state index is 12.9. The fraction of sp³-hybridized carbons (Fsp3) is 0.300. The zero-order chi connectivity index (χ0) is 20.3. The van der Waals surface area contributed by atoms with Gasteiger partial charge in [0.2, 0.25) is 6.10 Å². The third-order valence-corrected chi connectivity index (χ3v) is 4.29. The highest BCUT2D eigenvalue weighted by molar-refractivity contribution is 6.03. The monoisotopic (exact) mass is 387 g/mol. The van der Waals surface area contributed by atoms with Crippen LogP contribution < -0.4 is 24.3 Å². The van der Waals surface area contributed by atoms with E-state index in [4.69, 9.17) is 23.7 Å². The first kappa shape index (κ1) is 19.3. The number of hydrogen-bond acceptors (Lipinski definition) is 7. The first-order valence-corrected chi connectivity index (χ1v) is 8.56. The maximum Gasteiger partial charge on any atom is 0.340 e. The molecule has 0 saturated carbocycles. The van der Waals surface area contributed by atoms with Crippen molar-refractivity contribution in [3.8, 4) is 23.0 Å². The summed E-state index contributed by atoms with van der Waals surface area (Å²) in [6.07, 6.45) is -1.44. The lowest BCUT2D eigenvalue weighted by Gasteiger charge is -2.31. The van der Waals surface area contributed by atoms with Crippen LogP contribution in [0.2, 0.25) is 0 Å². The molecule has 0 bridgehead atoms. The predicted octanol–water partition coefficient (Wildman–Crippen LogP) is 2.66. The van der Waals surface area contributed by atoms with E-state index >= 15 is 0 Å². The molecule has 8 heteroatoms. The van der Waals surface area contributed by atoms with Crippen LogP contribution in [0, 0.1) is 0 Å². The molecule has 2 aromatic carbocycles. The molecular formula is C20H21NO7. The van der Waals surface area contributed by atoms with Crippen molar-refractivity contribution < 1.29 is 33.3 Å². The van der Waals surface area contributed by atoms with Crippen molar-refractivity contribution in [3.05, 3.63) is 42.0 Å². The summed E-state index contributed by atoms with van der Waals surface area (Å²) in [5.74, 6) is 0.626. The van der Waals surface area contributed by atoms with Gasteiger partial charge in [-0.1, -0.05) is 12.1 Å². The van der Waals surface area contributed by atoms with Crippen LogP contribution >= 0.6 is 0 Å². The normalized spacial score (nSPS) is 17.4. The van der Waals surface area contributed by atoms with Gasteiger partial charge in [0.05, 0.1) is 32.6 Å². The number of para-hydroxylation sites is 2. The van der Waals surface area contributed by atoms with Gasteiger partial charge in [0, 0.05) is 12.1 Å². The molecule has 1 aliphatic heterocycles. The lowest BCUT2D eigenvalue weighted by Crippen LogP contribution is -2.46. The number of carbonyl (C=O) groups is 2. The van der Waals surface area contributed by atoms with E-state index in [1.54, 1.807) is 25.1 Å². The molecule has 1 amide bonds. The van der Waals surface area contributed by atoms with E-state index < -0.39 is 24.1 Å². The van der Waals surface area contributed by atoms with Crippen molar-refractivity contribution >= 4 is 17.6 Å². The van der Waals surface area contributed by atoms with Crippen LogP contribution in [-0.2, 0) is 9.53 Å². The van der Waals surface area contributed by atoms with Gasteiger partial charge in [-0.3, -0.25) is 4.79 Å². The zero-order valence-electron chi connectivity index (χ0n) is 16.0. The van der Waals surface area contributed by atoms with Crippen LogP contribution in [0.15, 0.2) is 36.4 Å². The van der Waals surface area contributed by atoms with E-state index in [9.17, 15) is 9.59 Å². The summed E-state index contributed by atoms with van der Waals surface area (Å²) in [6, 6.07) is 10.0. The van der Waals surface area contributed by atoms with Gasteiger partial charge < -0.3 is 29.0 Å². The number of methoxy groups -OCH3 is 3. The summed E-state index contributed by atoms with van der Waals surface area (Å²) >= 11 is 0. The molecular weight excluding hydrogens is 366 g/mol. The lowest BCUT2D eigenvalue weighted by molar-refractivity contribution is -0.128. The molecule has 148 valence electrons. The fourth-order valence-electron chi connectivity index (χ4n) is 2.87. The Hall–Kier alpha value is -3.42. The van der Waals surface area contributed by atoms with Crippen molar-refractivity contribution in [3.63, 3.8) is 0 Å². The molecule has 0 radical (unpaired) electrons. The Morgan fingerprint density at radius 2 is 1.57 bits per heavy atom. The number of benzene rings is 2. The van der Waals surface area contributed by atoms with Crippen molar-refractivity contribution in [1.29, 1.82) is 0 Å². The molecule has 1 N–H and O–H groups in total. The van der Waals surface area contributed by atoms with E-state index in [0.29, 0.717) is 23.0 Å². The van der Waals surface area contributed by atoms with Gasteiger partial charge in [-0.25, -0.2) is 4.79 Å². The SMILES string of the molecule is COC(=O)c1cc(OC)c(OC)cc1NC(=O)[C@H]1Oc2ccccc2O[C@H]1C. The van der Waals surface area contributed by atoms with E-state index in [2.05, 4.69) is 5.32 Å². The second kappa shape index (κ2) is 8.08. The fourth-order valence-corrected chi connectivity index (χ4v) is 2.87. The summed E-state index contributed by atoms with van der Waals surface area (Å²) in [5, 5.41) is 2.70. The molecule has 1 heterocycles. The molecule has 0 unspecified atom stereocenters. The van der Waals surface area contributed by atoms with Crippen LogP contribution in [0.3, 0.4) is 0 Å². The van der Waals surface area contributed by atoms with Crippen molar-refractivity contribution in [1.82, 2.24) is 0 Å². The third kappa shape index (κ3) is 3.66. The second-order valence-electron chi connectivity index (χ2n) is 6.04. The number of rotatable bonds is 5. The largest absolute Gasteiger partial charge is 0.493 e. The topological polar surface area (TPSA) is 92.3 Å². The van der Waals surface area contributed by atoms with Crippen LogP contribution in [0.25, 0.3) is 0 Å². The number of carbonyl (C=O) groups excluding carboxylic acids is 2. The van der Waals surface area contributed by atoms with Gasteiger partial charge >= 0.3 is 5.97 Å². The van der Waals surface area contributed by atoms with Crippen LogP contribution in [0.1, 0.15) is 17.3 Å². The highest BCUT2D eigenvalue weighted by atomic mass is 16.6. The summed E-state index contributed by atoms with van der Waals surface area (Å²) in [7, 11) is 4.16. The van der Waals surface area contributed by atoms with Crippen molar-refractivity contribution in [2.75, 3.05) is 26.6 Å². The molecule has 3 rings (SSSR count). The zero-order valence-corrected chi connectivity index (χ0v) is 16.0. The molecule has 0 spiro atoms. The average molecular weight is 387 g/mol. The number of esters is 1. The van der Waals surface area contributed by atoms with E-state index in [1.165, 1.54) is 33.5 Å². The molecule has 8 nitrogen and oxygen atoms in total. The van der Waals surface area contributed by atoms with Crippen molar-refractivity contribution in [2.24, 2.45) is 0 Å². The average Bonchev–Trinajstić information content (AvgIpc) is 2.72. The number of nitrogens with one attached hydrogen (secondary N) is 1. The third-order valence-electron chi connectivity index (χ3n) is 4.29. The van der Waals surface area contributed by atoms with Gasteiger partial charge in [-0.2, -0.15) is 0 Å². The van der Waals surface area contributed by atoms with E-state index in [-0.39, 0.29) is 11.3 Å². The Labute approximate surface area is 162 Å². The molecule has 0 aliphatic carbocycles. The minimum Gasteiger partial charge on any atom is -0.493 e. The van der Waals surface area contributed by atoms with Gasteiger partial charge in [0.1, 0.15) is 6.10 Å². The number of amides is 1. The molecule has 1 aliphatic rings. The highest BCUT2D eigenvalue weighted by Crippen LogP contribution is 2.36. The Morgan fingerprint density at radius 3 is 2.18 bits per heavy atom. The number of ether oxygens (including phenoxy) is 5. The van der Waals surface area contributed by atoms with Gasteiger partial charge in [0.15, 0.2) is 23.0 Å². The van der Waals surface area contributed by atoms with E-state index in [1.807, 2.05) is 6.07 Å². The summed E-state index contributed by atoms with van der Waals surface area (Å²) < 4.78 is 26.8. The van der Waals surface area contributed by atoms with Gasteiger partial charge in [-0.15, -0.1) is 0 Å². The highest BCUT2D eigenvalue weighted by Gasteiger charge is 2.35. The molecule has 0 fully saturated rings. The number of fused-ring (bicyclic) bond motifs is 1. The van der Waals surface area contributed by atoms with Gasteiger partial charge in [0.25, 0.3) is 5.91 Å². The van der Waals surface area contributed by atoms with Crippen LogP contribution in [0.5, 0.6) is 23.0 Å². The Balaban J connectivity index is 1.90. The van der Waals surface area contributed by atoms with E-state index in [0.717, 1.165) is 0 Å². The Morgan fingerprint density at radius 1 is 0.964 bits per heavy atom. The van der Waals surface area contributed by atoms with Crippen LogP contribution in [0.4, 0.5) is 5.69 Å². The summed E-state index contributed by atoms with van der Waals surface area (Å²) in [6.45, 7) is 1.73.